The molecule has 4 heteroatoms. The molecule has 86 valence electrons. The quantitative estimate of drug-likeness (QED) is 0.777. The van der Waals surface area contributed by atoms with Gasteiger partial charge in [0, 0.05) is 17.6 Å². The molecule has 2 N–H and O–H groups in total. The zero-order chi connectivity index (χ0) is 11.5. The molecule has 0 aliphatic heterocycles. The lowest BCUT2D eigenvalue weighted by atomic mass is 9.99. The number of hydrogen-bond donors (Lipinski definition) is 2. The summed E-state index contributed by atoms with van der Waals surface area (Å²) in [6.07, 6.45) is 0.882. The number of aromatic nitrogens is 1. The lowest BCUT2D eigenvalue weighted by Gasteiger charge is -2.27. The van der Waals surface area contributed by atoms with Gasteiger partial charge in [-0.15, -0.1) is 0 Å². The Kier molecular flexibility index (Phi) is 3.88. The fraction of sp³-hybridized carbons (Fsp3) is 0.727. The standard InChI is InChI=1S/C11H20N2O2/c1-5-11(4,7-14)12-6-10-8(2)13-15-9(10)3/h12,14H,5-7H2,1-4H3. The molecule has 0 saturated heterocycles. The second kappa shape index (κ2) is 4.77. The van der Waals surface area contributed by atoms with Gasteiger partial charge in [0.25, 0.3) is 0 Å². The lowest BCUT2D eigenvalue weighted by molar-refractivity contribution is 0.168. The predicted octanol–water partition coefficient (Wildman–Crippen LogP) is 1.54. The summed E-state index contributed by atoms with van der Waals surface area (Å²) in [5.41, 5.74) is 1.77. The Labute approximate surface area is 90.7 Å². The van der Waals surface area contributed by atoms with E-state index in [0.717, 1.165) is 23.4 Å². The third-order valence-corrected chi connectivity index (χ3v) is 3.00. The van der Waals surface area contributed by atoms with Crippen molar-refractivity contribution in [1.29, 1.82) is 0 Å². The Morgan fingerprint density at radius 1 is 1.47 bits per heavy atom. The van der Waals surface area contributed by atoms with E-state index in [0.29, 0.717) is 6.54 Å². The lowest BCUT2D eigenvalue weighted by Crippen LogP contribution is -2.44. The number of nitrogens with one attached hydrogen (secondary N) is 1. The maximum absolute atomic E-state index is 9.25. The molecule has 1 heterocycles. The largest absolute Gasteiger partial charge is 0.394 e. The minimum absolute atomic E-state index is 0.132. The van der Waals surface area contributed by atoms with Crippen LogP contribution in [-0.2, 0) is 6.54 Å². The van der Waals surface area contributed by atoms with E-state index in [2.05, 4.69) is 17.4 Å². The Morgan fingerprint density at radius 3 is 2.53 bits per heavy atom. The summed E-state index contributed by atoms with van der Waals surface area (Å²) in [6.45, 7) is 8.70. The molecule has 1 aromatic heterocycles. The van der Waals surface area contributed by atoms with E-state index in [1.54, 1.807) is 0 Å². The molecule has 0 aromatic carbocycles. The fourth-order valence-corrected chi connectivity index (χ4v) is 1.35. The molecule has 0 saturated carbocycles. The third kappa shape index (κ3) is 2.79. The summed E-state index contributed by atoms with van der Waals surface area (Å²) in [5.74, 6) is 0.844. The number of nitrogens with zero attached hydrogens (tertiary/aromatic N) is 1. The van der Waals surface area contributed by atoms with Crippen molar-refractivity contribution in [3.05, 3.63) is 17.0 Å². The fourth-order valence-electron chi connectivity index (χ4n) is 1.35. The first-order valence-electron chi connectivity index (χ1n) is 5.30. The van der Waals surface area contributed by atoms with Gasteiger partial charge in [-0.05, 0) is 27.2 Å². The number of aryl methyl sites for hydroxylation is 2. The van der Waals surface area contributed by atoms with Crippen LogP contribution in [0.2, 0.25) is 0 Å². The molecule has 0 aliphatic rings. The number of hydrogen-bond acceptors (Lipinski definition) is 4. The van der Waals surface area contributed by atoms with E-state index in [1.807, 2.05) is 20.8 Å². The van der Waals surface area contributed by atoms with Crippen molar-refractivity contribution in [2.75, 3.05) is 6.61 Å². The zero-order valence-corrected chi connectivity index (χ0v) is 9.92. The van der Waals surface area contributed by atoms with Crippen molar-refractivity contribution >= 4 is 0 Å². The van der Waals surface area contributed by atoms with Crippen LogP contribution in [0.1, 0.15) is 37.3 Å². The molecule has 0 radical (unpaired) electrons. The topological polar surface area (TPSA) is 58.3 Å². The number of rotatable bonds is 5. The van der Waals surface area contributed by atoms with Gasteiger partial charge in [-0.3, -0.25) is 0 Å². The third-order valence-electron chi connectivity index (χ3n) is 3.00. The first-order valence-corrected chi connectivity index (χ1v) is 5.30. The molecule has 1 aromatic rings. The zero-order valence-electron chi connectivity index (χ0n) is 9.92. The van der Waals surface area contributed by atoms with Crippen LogP contribution in [0.3, 0.4) is 0 Å². The first kappa shape index (κ1) is 12.2. The average molecular weight is 212 g/mol. The minimum Gasteiger partial charge on any atom is -0.394 e. The number of aliphatic hydroxyl groups is 1. The maximum Gasteiger partial charge on any atom is 0.138 e. The summed E-state index contributed by atoms with van der Waals surface area (Å²) >= 11 is 0. The van der Waals surface area contributed by atoms with E-state index in [4.69, 9.17) is 4.52 Å². The van der Waals surface area contributed by atoms with Crippen LogP contribution in [0.25, 0.3) is 0 Å². The Hall–Kier alpha value is -0.870. The van der Waals surface area contributed by atoms with Crippen LogP contribution < -0.4 is 5.32 Å². The van der Waals surface area contributed by atoms with E-state index < -0.39 is 0 Å². The van der Waals surface area contributed by atoms with E-state index >= 15 is 0 Å². The summed E-state index contributed by atoms with van der Waals surface area (Å²) < 4.78 is 5.08. The molecular formula is C11H20N2O2. The molecule has 0 fully saturated rings. The maximum atomic E-state index is 9.25. The van der Waals surface area contributed by atoms with E-state index in [9.17, 15) is 5.11 Å². The van der Waals surface area contributed by atoms with Gasteiger partial charge in [-0.2, -0.15) is 0 Å². The highest BCUT2D eigenvalue weighted by Gasteiger charge is 2.21. The molecule has 1 unspecified atom stereocenters. The van der Waals surface area contributed by atoms with Gasteiger partial charge in [-0.25, -0.2) is 0 Å². The molecule has 0 spiro atoms. The Balaban J connectivity index is 2.64. The van der Waals surface area contributed by atoms with E-state index in [-0.39, 0.29) is 12.1 Å². The van der Waals surface area contributed by atoms with Crippen LogP contribution in [-0.4, -0.2) is 22.4 Å². The summed E-state index contributed by atoms with van der Waals surface area (Å²) in [5, 5.41) is 16.5. The van der Waals surface area contributed by atoms with Crippen LogP contribution >= 0.6 is 0 Å². The van der Waals surface area contributed by atoms with E-state index in [1.165, 1.54) is 0 Å². The van der Waals surface area contributed by atoms with Crippen molar-refractivity contribution in [3.63, 3.8) is 0 Å². The van der Waals surface area contributed by atoms with Crippen LogP contribution in [0, 0.1) is 13.8 Å². The van der Waals surface area contributed by atoms with Crippen molar-refractivity contribution in [3.8, 4) is 0 Å². The highest BCUT2D eigenvalue weighted by molar-refractivity contribution is 5.20. The van der Waals surface area contributed by atoms with Gasteiger partial charge < -0.3 is 14.9 Å². The normalized spacial score (nSPS) is 15.3. The van der Waals surface area contributed by atoms with Crippen molar-refractivity contribution in [2.45, 2.75) is 46.2 Å². The highest BCUT2D eigenvalue weighted by Crippen LogP contribution is 2.15. The van der Waals surface area contributed by atoms with Gasteiger partial charge in [0.1, 0.15) is 5.76 Å². The minimum atomic E-state index is -0.226. The number of aliphatic hydroxyl groups excluding tert-OH is 1. The summed E-state index contributed by atoms with van der Waals surface area (Å²) in [6, 6.07) is 0. The molecule has 0 amide bonds. The summed E-state index contributed by atoms with van der Waals surface area (Å²) in [7, 11) is 0. The van der Waals surface area contributed by atoms with Gasteiger partial charge in [0.05, 0.1) is 12.3 Å². The molecule has 0 bridgehead atoms. The molecule has 15 heavy (non-hydrogen) atoms. The van der Waals surface area contributed by atoms with Crippen molar-refractivity contribution in [2.24, 2.45) is 0 Å². The van der Waals surface area contributed by atoms with Gasteiger partial charge >= 0.3 is 0 Å². The van der Waals surface area contributed by atoms with Crippen LogP contribution in [0.15, 0.2) is 4.52 Å². The highest BCUT2D eigenvalue weighted by atomic mass is 16.5. The molecular weight excluding hydrogens is 192 g/mol. The van der Waals surface area contributed by atoms with Crippen LogP contribution in [0.5, 0.6) is 0 Å². The SMILES string of the molecule is CCC(C)(CO)NCc1c(C)noc1C. The summed E-state index contributed by atoms with van der Waals surface area (Å²) in [4.78, 5) is 0. The Morgan fingerprint density at radius 2 is 2.13 bits per heavy atom. The predicted molar refractivity (Wildman–Crippen MR) is 58.6 cm³/mol. The van der Waals surface area contributed by atoms with Crippen molar-refractivity contribution < 1.29 is 9.63 Å². The molecule has 1 rings (SSSR count). The second-order valence-corrected chi connectivity index (χ2v) is 4.23. The molecule has 1 atom stereocenters. The first-order chi connectivity index (χ1) is 7.02. The monoisotopic (exact) mass is 212 g/mol. The van der Waals surface area contributed by atoms with Crippen LogP contribution in [0.4, 0.5) is 0 Å². The smallest absolute Gasteiger partial charge is 0.138 e. The van der Waals surface area contributed by atoms with Gasteiger partial charge in [0.15, 0.2) is 0 Å². The van der Waals surface area contributed by atoms with Crippen molar-refractivity contribution in [1.82, 2.24) is 10.5 Å². The molecule has 0 aliphatic carbocycles. The second-order valence-electron chi connectivity index (χ2n) is 4.23. The average Bonchev–Trinajstić information content (AvgIpc) is 2.56. The molecule has 4 nitrogen and oxygen atoms in total. The van der Waals surface area contributed by atoms with Gasteiger partial charge in [-0.1, -0.05) is 12.1 Å². The van der Waals surface area contributed by atoms with Gasteiger partial charge in [0.2, 0.25) is 0 Å². The Bertz CT molecular complexity index is 297.